The third-order valence-electron chi connectivity index (χ3n) is 13.4. The number of hydrogen-bond acceptors (Lipinski definition) is 12. The molecule has 14 nitrogen and oxygen atoms in total. The van der Waals surface area contributed by atoms with Crippen molar-refractivity contribution in [2.24, 2.45) is 29.1 Å². The minimum Gasteiger partial charge on any atom is -0.496 e. The van der Waals surface area contributed by atoms with Crippen molar-refractivity contribution in [1.82, 2.24) is 25.6 Å². The van der Waals surface area contributed by atoms with E-state index in [1.165, 1.54) is 6.42 Å². The first-order chi connectivity index (χ1) is 28.7. The van der Waals surface area contributed by atoms with Gasteiger partial charge in [0.1, 0.15) is 17.9 Å². The third kappa shape index (κ3) is 9.81. The third-order valence-corrected chi connectivity index (χ3v) is 13.4. The van der Waals surface area contributed by atoms with Crippen molar-refractivity contribution in [3.8, 4) is 16.9 Å². The Kier molecular flexibility index (Phi) is 14.9. The summed E-state index contributed by atoms with van der Waals surface area (Å²) in [6, 6.07) is 15.7. The number of amides is 2. The lowest BCUT2D eigenvalue weighted by molar-refractivity contribution is -0.183. The fourth-order valence-corrected chi connectivity index (χ4v) is 10.2. The maximum Gasteiger partial charge on any atom is 0.251 e. The number of anilines is 1. The standard InChI is InChI=1S/C46H66N6O8/c1-28-38-22-33(46(38,3)4)23-39(28)49-45(58)42-41(29(2)56)40(27-55)60-52(42)25-30-11-10-13-37(43(30)59-7)31-19-32(21-36(20-31)51(15-17-53)16-18-54)44(57)48-35(26-50(5)6)24-34-12-8-9-14-47-34/h8-14,19-21,28-29,33,35,38-42,53-56H,15-18,22-27H2,1-7H3,(H,48,57)(H,49,58)/t28-,29-,33-,35-,38-,39-,40-,41-,42-/m0/s1. The molecule has 1 aliphatic heterocycles. The van der Waals surface area contributed by atoms with E-state index in [1.807, 2.05) is 66.4 Å². The number of ether oxygens (including phenoxy) is 1. The van der Waals surface area contributed by atoms with Crippen LogP contribution in [0.2, 0.25) is 0 Å². The summed E-state index contributed by atoms with van der Waals surface area (Å²) in [4.78, 5) is 43.2. The molecule has 4 fully saturated rings. The summed E-state index contributed by atoms with van der Waals surface area (Å²) in [5.74, 6) is 0.631. The SMILES string of the molecule is COc1c(CN2O[C@@H](CO)[C@H]([C@H](C)O)[C@H]2C(=O)N[C@H]2C[C@@H]3C[C@@H]([C@@H]2C)C3(C)C)cccc1-c1cc(C(=O)N[C@@H](Cc2ccccn2)CN(C)C)cc(N(CCO)CCO)c1. The van der Waals surface area contributed by atoms with Crippen LogP contribution in [0, 0.1) is 29.1 Å². The number of nitrogens with zero attached hydrogens (tertiary/aromatic N) is 4. The number of aliphatic hydroxyl groups is 4. The van der Waals surface area contributed by atoms with E-state index in [9.17, 15) is 30.0 Å². The van der Waals surface area contributed by atoms with E-state index in [2.05, 4.69) is 36.4 Å². The van der Waals surface area contributed by atoms with Crippen LogP contribution in [0.25, 0.3) is 11.1 Å². The van der Waals surface area contributed by atoms with E-state index in [0.29, 0.717) is 64.4 Å². The Morgan fingerprint density at radius 2 is 1.80 bits per heavy atom. The average Bonchev–Trinajstić information content (AvgIpc) is 3.59. The summed E-state index contributed by atoms with van der Waals surface area (Å²) in [5.41, 5.74) is 4.13. The van der Waals surface area contributed by atoms with Gasteiger partial charge in [-0.25, -0.2) is 0 Å². The van der Waals surface area contributed by atoms with Crippen molar-refractivity contribution in [2.45, 2.75) is 83.8 Å². The highest BCUT2D eigenvalue weighted by molar-refractivity contribution is 5.97. The van der Waals surface area contributed by atoms with Crippen LogP contribution in [-0.4, -0.2) is 138 Å². The van der Waals surface area contributed by atoms with E-state index >= 15 is 0 Å². The van der Waals surface area contributed by atoms with Gasteiger partial charge in [0, 0.05) is 78.3 Å². The maximum atomic E-state index is 14.4. The van der Waals surface area contributed by atoms with Crippen LogP contribution in [0.3, 0.4) is 0 Å². The van der Waals surface area contributed by atoms with Gasteiger partial charge < -0.3 is 45.6 Å². The number of rotatable bonds is 19. The summed E-state index contributed by atoms with van der Waals surface area (Å²) in [7, 11) is 5.47. The van der Waals surface area contributed by atoms with Gasteiger partial charge in [-0.2, -0.15) is 5.06 Å². The van der Waals surface area contributed by atoms with E-state index in [1.54, 1.807) is 37.4 Å². The minimum absolute atomic E-state index is 0.000106. The van der Waals surface area contributed by atoms with E-state index in [4.69, 9.17) is 9.57 Å². The summed E-state index contributed by atoms with van der Waals surface area (Å²) < 4.78 is 6.12. The molecular weight excluding hydrogens is 765 g/mol. The molecule has 9 atom stereocenters. The number of para-hydroxylation sites is 1. The van der Waals surface area contributed by atoms with E-state index in [-0.39, 0.29) is 68.8 Å². The summed E-state index contributed by atoms with van der Waals surface area (Å²) in [6.07, 6.45) is 2.59. The molecule has 0 radical (unpaired) electrons. The van der Waals surface area contributed by atoms with Gasteiger partial charge in [0.05, 0.1) is 39.6 Å². The van der Waals surface area contributed by atoms with Crippen LogP contribution in [0.4, 0.5) is 5.69 Å². The fourth-order valence-electron chi connectivity index (χ4n) is 10.2. The van der Waals surface area contributed by atoms with Crippen molar-refractivity contribution in [2.75, 3.05) is 65.6 Å². The van der Waals surface area contributed by atoms with Crippen LogP contribution < -0.4 is 20.3 Å². The van der Waals surface area contributed by atoms with Crippen LogP contribution in [0.1, 0.15) is 62.2 Å². The van der Waals surface area contributed by atoms with Gasteiger partial charge in [-0.1, -0.05) is 45.0 Å². The second-order valence-electron chi connectivity index (χ2n) is 17.9. The van der Waals surface area contributed by atoms with Crippen molar-refractivity contribution in [3.05, 3.63) is 77.6 Å². The average molecular weight is 831 g/mol. The Morgan fingerprint density at radius 1 is 1.05 bits per heavy atom. The molecule has 0 unspecified atom stereocenters. The predicted octanol–water partition coefficient (Wildman–Crippen LogP) is 3.11. The highest BCUT2D eigenvalue weighted by Gasteiger charge is 2.57. The number of methoxy groups -OCH3 is 1. The molecule has 1 aromatic heterocycles. The molecule has 2 amide bonds. The minimum atomic E-state index is -0.943. The van der Waals surface area contributed by atoms with Gasteiger partial charge >= 0.3 is 0 Å². The number of pyridine rings is 1. The number of aromatic nitrogens is 1. The lowest BCUT2D eigenvalue weighted by Crippen LogP contribution is -2.62. The highest BCUT2D eigenvalue weighted by Crippen LogP contribution is 2.61. The van der Waals surface area contributed by atoms with Crippen molar-refractivity contribution in [3.63, 3.8) is 0 Å². The molecule has 3 aliphatic carbocycles. The molecule has 1 saturated heterocycles. The van der Waals surface area contributed by atoms with Crippen molar-refractivity contribution >= 4 is 17.5 Å². The summed E-state index contributed by atoms with van der Waals surface area (Å²) in [5, 5.41) is 49.5. The van der Waals surface area contributed by atoms with Gasteiger partial charge in [-0.05, 0) is 92.9 Å². The highest BCUT2D eigenvalue weighted by atomic mass is 16.7. The molecule has 6 N–H and O–H groups in total. The van der Waals surface area contributed by atoms with Gasteiger partial charge in [0.15, 0.2) is 0 Å². The van der Waals surface area contributed by atoms with Crippen LogP contribution in [0.5, 0.6) is 5.75 Å². The lowest BCUT2D eigenvalue weighted by atomic mass is 9.45. The van der Waals surface area contributed by atoms with Crippen molar-refractivity contribution in [1.29, 1.82) is 0 Å². The molecule has 328 valence electrons. The zero-order valence-corrected chi connectivity index (χ0v) is 36.3. The monoisotopic (exact) mass is 830 g/mol. The predicted molar refractivity (Wildman–Crippen MR) is 230 cm³/mol. The molecule has 3 saturated carbocycles. The topological polar surface area (TPSA) is 180 Å². The number of carbonyl (C=O) groups is 2. The molecule has 14 heteroatoms. The zero-order chi connectivity index (χ0) is 43.3. The Balaban J connectivity index is 1.33. The molecule has 3 aromatic rings. The first-order valence-electron chi connectivity index (χ1n) is 21.4. The molecule has 7 rings (SSSR count). The molecule has 60 heavy (non-hydrogen) atoms. The largest absolute Gasteiger partial charge is 0.496 e. The molecule has 2 heterocycles. The maximum absolute atomic E-state index is 14.4. The quantitative estimate of drug-likeness (QED) is 0.104. The van der Waals surface area contributed by atoms with E-state index < -0.39 is 24.2 Å². The van der Waals surface area contributed by atoms with Gasteiger partial charge in [-0.3, -0.25) is 19.4 Å². The number of likely N-dealkylation sites (N-methyl/N-ethyl adjacent to an activating group) is 1. The van der Waals surface area contributed by atoms with Crippen LogP contribution in [-0.2, 0) is 22.6 Å². The van der Waals surface area contributed by atoms with Gasteiger partial charge in [0.2, 0.25) is 5.91 Å². The van der Waals surface area contributed by atoms with Crippen LogP contribution in [0.15, 0.2) is 60.8 Å². The molecule has 2 bridgehead atoms. The number of aliphatic hydroxyl groups excluding tert-OH is 4. The number of fused-ring (bicyclic) bond motifs is 2. The zero-order valence-electron chi connectivity index (χ0n) is 36.3. The molecule has 0 spiro atoms. The molecule has 2 aromatic carbocycles. The smallest absolute Gasteiger partial charge is 0.251 e. The van der Waals surface area contributed by atoms with Gasteiger partial charge in [-0.15, -0.1) is 0 Å². The first kappa shape index (κ1) is 45.4. The second kappa shape index (κ2) is 19.7. The Morgan fingerprint density at radius 3 is 2.40 bits per heavy atom. The molecule has 4 aliphatic rings. The summed E-state index contributed by atoms with van der Waals surface area (Å²) in [6.45, 7) is 8.93. The number of nitrogens with one attached hydrogen (secondary N) is 2. The first-order valence-corrected chi connectivity index (χ1v) is 21.4. The Bertz CT molecular complexity index is 1910. The number of carbonyl (C=O) groups excluding carboxylic acids is 2. The molecular formula is C46H66N6O8. The Hall–Kier alpha value is -4.15. The number of hydrogen-bond donors (Lipinski definition) is 6. The lowest BCUT2D eigenvalue weighted by Gasteiger charge is -2.62. The van der Waals surface area contributed by atoms with E-state index in [0.717, 1.165) is 12.1 Å². The Labute approximate surface area is 354 Å². The van der Waals surface area contributed by atoms with Gasteiger partial charge in [0.25, 0.3) is 5.91 Å². The number of hydroxylamine groups is 2. The second-order valence-corrected chi connectivity index (χ2v) is 17.9. The normalized spacial score (nSPS) is 25.6. The summed E-state index contributed by atoms with van der Waals surface area (Å²) >= 11 is 0. The van der Waals surface area contributed by atoms with Crippen molar-refractivity contribution < 1.29 is 39.6 Å². The fraction of sp³-hybridized carbons (Fsp3) is 0.587. The number of benzene rings is 2. The van der Waals surface area contributed by atoms with Crippen LogP contribution >= 0.6 is 0 Å².